The lowest BCUT2D eigenvalue weighted by atomic mass is 9.92. The molecule has 33 nitrogen and oxygen atoms in total. The molecule has 12 atom stereocenters. The molecule has 0 bridgehead atoms. The lowest BCUT2D eigenvalue weighted by Gasteiger charge is -2.32. The van der Waals surface area contributed by atoms with Crippen molar-refractivity contribution in [2.75, 3.05) is 41.5 Å². The number of rotatable bonds is 18. The summed E-state index contributed by atoms with van der Waals surface area (Å²) in [5.41, 5.74) is 12.8. The van der Waals surface area contributed by atoms with Crippen molar-refractivity contribution >= 4 is 97.8 Å². The van der Waals surface area contributed by atoms with Gasteiger partial charge in [-0.15, -0.1) is 0 Å². The summed E-state index contributed by atoms with van der Waals surface area (Å²) in [6, 6.07) is 25.3. The minimum Gasteiger partial charge on any atom is -0.488 e. The van der Waals surface area contributed by atoms with Gasteiger partial charge in [-0.2, -0.15) is 0 Å². The zero-order chi connectivity index (χ0) is 91.9. The van der Waals surface area contributed by atoms with E-state index in [1.165, 1.54) is 28.4 Å². The van der Waals surface area contributed by atoms with E-state index in [1.54, 1.807) is 18.7 Å². The third kappa shape index (κ3) is 18.9. The summed E-state index contributed by atoms with van der Waals surface area (Å²) in [5, 5.41) is 23.0. The maximum Gasteiger partial charge on any atom is 0.410 e. The molecule has 8 amide bonds. The smallest absolute Gasteiger partial charge is 0.410 e. The van der Waals surface area contributed by atoms with Crippen LogP contribution in [0.15, 0.2) is 97.3 Å². The van der Waals surface area contributed by atoms with Gasteiger partial charge in [-0.1, -0.05) is 106 Å². The predicted octanol–water partition coefficient (Wildman–Crippen LogP) is 16.3. The number of nitrogens with one attached hydrogen (secondary N) is 8. The zero-order valence-corrected chi connectivity index (χ0v) is 76.1. The van der Waals surface area contributed by atoms with Crippen molar-refractivity contribution in [3.05, 3.63) is 132 Å². The van der Waals surface area contributed by atoms with Crippen LogP contribution >= 0.6 is 0 Å². The average Bonchev–Trinajstić information content (AvgIpc) is 1.47. The van der Waals surface area contributed by atoms with Crippen molar-refractivity contribution in [1.29, 1.82) is 0 Å². The summed E-state index contributed by atoms with van der Waals surface area (Å²) in [7, 11) is 5.07. The number of nitrogens with zero attached hydrogens (tertiary/aromatic N) is 8. The Morgan fingerprint density at radius 2 is 0.836 bits per heavy atom. The number of carboxylic acids is 1. The molecule has 16 rings (SSSR count). The van der Waals surface area contributed by atoms with Crippen LogP contribution in [0.25, 0.3) is 88.4 Å². The number of likely N-dealkylation sites (tertiary alicyclic amines) is 4. The molecule has 6 aliphatic heterocycles. The Bertz CT molecular complexity index is 5880. The van der Waals surface area contributed by atoms with E-state index in [1.807, 2.05) is 115 Å². The number of fused-ring (bicyclic) bond motifs is 12. The standard InChI is InChI=1S/C45H54N8O7.C43H51N7O6.C7H13NO4/c1-22(2)37(50-44(56)58-7)42(54)52-20-24(5)15-35(52)40-46-19-33(48-40)27-10-12-29-28(16-27)21-60-36-18-30-26(17-31(29)36)11-13-32-39(30)49-41(47-32)34-14-9-25(6)53(34)43(55)38(23(3)4)51-45(57)59-8;1-22(2)36(48-41(52)54-8)40(51)50-24(4)9-14-33(50)39-45-31-13-11-25-17-30-28-12-10-26(16-27(28)21-55-35(30)18-29(25)37(31)47-39)32-19-44-38(46-32)34-15-23(3)20-49(34)42(53)56-43(5,6)7;1-4(2)5(6(9)10)8-7(11)12-3/h10-13,16-19,22-25,34-35,37-38H,9,14-15,20-21H2,1-8H3,(H,46,48)(H,47,49)(H,50,56)(H,51,57);10-13,16-19,22-24,33-34,36H,9,14-15,20-21H2,1-8H3,(H,44,46)(H,45,47)(H,48,52);4-5H,1-3H3,(H,8,11)(H,9,10)/t24-,25-,34-,35?,37-,38-;23-,24-,33-,34?,36-;5-/m000/s1. The van der Waals surface area contributed by atoms with Gasteiger partial charge in [0, 0.05) is 47.1 Å². The Morgan fingerprint density at radius 1 is 0.453 bits per heavy atom. The van der Waals surface area contributed by atoms with Gasteiger partial charge in [0.15, 0.2) is 0 Å². The molecule has 0 saturated carbocycles. The molecule has 4 fully saturated rings. The highest BCUT2D eigenvalue weighted by Gasteiger charge is 2.46. The number of carbonyl (C=O) groups excluding carboxylic acids is 8. The molecule has 4 aromatic heterocycles. The number of amides is 8. The number of methoxy groups -OCH3 is 4. The highest BCUT2D eigenvalue weighted by atomic mass is 16.6. The average molecular weight is 1760 g/mol. The van der Waals surface area contributed by atoms with Crippen LogP contribution < -0.4 is 30.7 Å². The van der Waals surface area contributed by atoms with Crippen LogP contribution in [0.2, 0.25) is 0 Å². The van der Waals surface area contributed by atoms with Gasteiger partial charge in [-0.3, -0.25) is 19.3 Å². The number of imidazole rings is 4. The van der Waals surface area contributed by atoms with Crippen LogP contribution in [0.4, 0.5) is 24.0 Å². The van der Waals surface area contributed by atoms with Gasteiger partial charge < -0.3 is 94.2 Å². The Morgan fingerprint density at radius 3 is 1.22 bits per heavy atom. The molecule has 10 heterocycles. The Balaban J connectivity index is 0.000000184. The van der Waals surface area contributed by atoms with Crippen molar-refractivity contribution < 1.29 is 81.4 Å². The second kappa shape index (κ2) is 37.5. The molecule has 0 spiro atoms. The van der Waals surface area contributed by atoms with Crippen LogP contribution in [-0.2, 0) is 56.1 Å². The van der Waals surface area contributed by atoms with Crippen molar-refractivity contribution in [2.45, 2.75) is 222 Å². The maximum atomic E-state index is 14.0. The van der Waals surface area contributed by atoms with Gasteiger partial charge in [-0.25, -0.2) is 48.7 Å². The number of benzene rings is 6. The molecule has 0 aliphatic carbocycles. The first kappa shape index (κ1) is 91.2. The Labute approximate surface area is 742 Å². The van der Waals surface area contributed by atoms with Gasteiger partial charge in [0.25, 0.3) is 0 Å². The van der Waals surface area contributed by atoms with E-state index in [0.29, 0.717) is 43.9 Å². The normalized spacial score (nSPS) is 20.2. The Hall–Kier alpha value is -13.0. The first-order chi connectivity index (χ1) is 60.9. The molecule has 10 aromatic rings. The third-order valence-corrected chi connectivity index (χ3v) is 25.1. The van der Waals surface area contributed by atoms with E-state index in [4.69, 9.17) is 53.5 Å². The molecule has 6 aromatic carbocycles. The number of carbonyl (C=O) groups is 9. The molecule has 128 heavy (non-hydrogen) atoms. The molecular formula is C95H118N16O17. The summed E-state index contributed by atoms with van der Waals surface area (Å²) in [5.74, 6) is 3.00. The number of aromatic nitrogens is 8. The van der Waals surface area contributed by atoms with E-state index < -0.39 is 60.1 Å². The minimum atomic E-state index is -1.06. The number of aromatic amines is 4. The number of H-pyrrole nitrogens is 4. The number of hydrogen-bond acceptors (Lipinski definition) is 20. The van der Waals surface area contributed by atoms with Crippen LogP contribution in [-0.4, -0.2) is 202 Å². The van der Waals surface area contributed by atoms with E-state index >= 15 is 0 Å². The fourth-order valence-electron chi connectivity index (χ4n) is 18.5. The second-order valence-corrected chi connectivity index (χ2v) is 37.0. The van der Waals surface area contributed by atoms with Crippen molar-refractivity contribution in [3.63, 3.8) is 0 Å². The fourth-order valence-corrected chi connectivity index (χ4v) is 18.5. The molecule has 33 heteroatoms. The zero-order valence-electron chi connectivity index (χ0n) is 76.1. The monoisotopic (exact) mass is 1750 g/mol. The van der Waals surface area contributed by atoms with Crippen molar-refractivity contribution in [1.82, 2.24) is 80.7 Å². The quantitative estimate of drug-likeness (QED) is 0.0360. The molecular weight excluding hydrogens is 1640 g/mol. The van der Waals surface area contributed by atoms with Crippen molar-refractivity contribution in [2.24, 2.45) is 35.5 Å². The molecule has 680 valence electrons. The van der Waals surface area contributed by atoms with E-state index in [-0.39, 0.29) is 89.7 Å². The number of hydrogen-bond donors (Lipinski definition) is 9. The molecule has 9 N–H and O–H groups in total. The van der Waals surface area contributed by atoms with Gasteiger partial charge in [-0.05, 0) is 201 Å². The van der Waals surface area contributed by atoms with Gasteiger partial charge in [0.2, 0.25) is 17.7 Å². The number of carboxylic acid groups (broad SMARTS) is 1. The minimum absolute atomic E-state index is 0.0138. The molecule has 4 saturated heterocycles. The van der Waals surface area contributed by atoms with E-state index in [9.17, 15) is 43.2 Å². The lowest BCUT2D eigenvalue weighted by Crippen LogP contribution is -2.52. The van der Waals surface area contributed by atoms with Gasteiger partial charge >= 0.3 is 36.4 Å². The van der Waals surface area contributed by atoms with Crippen LogP contribution in [0.1, 0.15) is 201 Å². The second-order valence-electron chi connectivity index (χ2n) is 37.0. The summed E-state index contributed by atoms with van der Waals surface area (Å²) < 4.78 is 37.3. The number of aliphatic carboxylic acids is 1. The van der Waals surface area contributed by atoms with Crippen LogP contribution in [0.3, 0.4) is 0 Å². The first-order valence-electron chi connectivity index (χ1n) is 44.0. The van der Waals surface area contributed by atoms with Crippen molar-refractivity contribution in [3.8, 4) is 56.3 Å². The largest absolute Gasteiger partial charge is 0.488 e. The molecule has 2 unspecified atom stereocenters. The summed E-state index contributed by atoms with van der Waals surface area (Å²) >= 11 is 0. The van der Waals surface area contributed by atoms with E-state index in [0.717, 1.165) is 161 Å². The fraction of sp³-hybridized carbons (Fsp3) is 0.484. The van der Waals surface area contributed by atoms with Gasteiger partial charge in [0.05, 0.1) is 98.5 Å². The topological polar surface area (TPSA) is 414 Å². The van der Waals surface area contributed by atoms with Crippen LogP contribution in [0, 0.1) is 35.5 Å². The highest BCUT2D eigenvalue weighted by Crippen LogP contribution is 2.48. The summed E-state index contributed by atoms with van der Waals surface area (Å²) in [6.07, 6.45) is 5.44. The molecule has 0 radical (unpaired) electrons. The SMILES string of the molecule is COC(=O)N[C@H](C(=O)N1C[C@@H](C)CC1c1ncc(-c2ccc3c(c2)COc2cc4c(ccc5[nH]c([C@@H]6CC[C@H](C)N6C(=O)[C@@H](NC(=O)OC)C(C)C)nc54)cc2-3)[nH]1)C(C)C.COC(=O)N[C@H](C(=O)N1[C@@H](C)CC[C@H]1c1nc2c(ccc3cc4c(cc32)OCc2cc(-c3cnc(C5C[C@H](C)CN5C(=O)OC(C)(C)C)[nH]3)ccc2-4)[nH]1)C(C)C.COC(=O)N[C@H](C(=O)O)C(C)C. The first-order valence-corrected chi connectivity index (χ1v) is 44.0. The Kier molecular flexibility index (Phi) is 26.8. The third-order valence-electron chi connectivity index (χ3n) is 25.1. The predicted molar refractivity (Wildman–Crippen MR) is 480 cm³/mol. The number of alkyl carbamates (subject to hydrolysis) is 4. The molecule has 6 aliphatic rings. The van der Waals surface area contributed by atoms with E-state index in [2.05, 4.69) is 133 Å². The van der Waals surface area contributed by atoms with Gasteiger partial charge in [0.1, 0.15) is 77.8 Å². The maximum absolute atomic E-state index is 14.0. The number of ether oxygens (including phenoxy) is 7. The summed E-state index contributed by atoms with van der Waals surface area (Å²) in [6.45, 7) is 30.8. The summed E-state index contributed by atoms with van der Waals surface area (Å²) in [4.78, 5) is 153. The van der Waals surface area contributed by atoms with Crippen LogP contribution in [0.5, 0.6) is 11.5 Å². The highest BCUT2D eigenvalue weighted by molar-refractivity contribution is 6.08. The lowest BCUT2D eigenvalue weighted by molar-refractivity contribution is -0.140.